The number of likely N-dealkylation sites (N-methyl/N-ethyl adjacent to an activating group) is 1. The van der Waals surface area contributed by atoms with Crippen molar-refractivity contribution in [3.8, 4) is 0 Å². The maximum atomic E-state index is 5.86. The predicted octanol–water partition coefficient (Wildman–Crippen LogP) is 1.31. The fourth-order valence-corrected chi connectivity index (χ4v) is 2.53. The standard InChI is InChI=1S/C10H22N2/c1-5-12(4)10(7-11)6-8(2)9(10)3/h8-9H,5-7,11H2,1-4H3. The lowest BCUT2D eigenvalue weighted by molar-refractivity contribution is -0.0547. The zero-order valence-corrected chi connectivity index (χ0v) is 8.80. The van der Waals surface area contributed by atoms with Crippen LogP contribution >= 0.6 is 0 Å². The molecule has 1 aliphatic rings. The second-order valence-electron chi connectivity index (χ2n) is 4.29. The van der Waals surface area contributed by atoms with E-state index in [1.807, 2.05) is 0 Å². The average Bonchev–Trinajstić information content (AvgIpc) is 2.11. The van der Waals surface area contributed by atoms with Crippen LogP contribution in [-0.4, -0.2) is 30.6 Å². The first kappa shape index (κ1) is 10.0. The van der Waals surface area contributed by atoms with Gasteiger partial charge < -0.3 is 5.73 Å². The van der Waals surface area contributed by atoms with Gasteiger partial charge >= 0.3 is 0 Å². The molecule has 2 heteroatoms. The van der Waals surface area contributed by atoms with Crippen LogP contribution in [0.25, 0.3) is 0 Å². The summed E-state index contributed by atoms with van der Waals surface area (Å²) in [6.07, 6.45) is 1.27. The minimum atomic E-state index is 0.314. The van der Waals surface area contributed by atoms with Gasteiger partial charge in [0.2, 0.25) is 0 Å². The smallest absolute Gasteiger partial charge is 0.0359 e. The van der Waals surface area contributed by atoms with Gasteiger partial charge in [0.15, 0.2) is 0 Å². The number of rotatable bonds is 3. The van der Waals surface area contributed by atoms with Gasteiger partial charge in [-0.1, -0.05) is 20.8 Å². The summed E-state index contributed by atoms with van der Waals surface area (Å²) in [6, 6.07) is 0. The molecule has 72 valence electrons. The van der Waals surface area contributed by atoms with Gasteiger partial charge in [-0.15, -0.1) is 0 Å². The molecule has 1 saturated carbocycles. The Morgan fingerprint density at radius 2 is 2.08 bits per heavy atom. The van der Waals surface area contributed by atoms with Crippen molar-refractivity contribution >= 4 is 0 Å². The normalized spacial score (nSPS) is 41.5. The molecule has 0 spiro atoms. The van der Waals surface area contributed by atoms with Crippen LogP contribution in [0.1, 0.15) is 27.2 Å². The molecule has 0 aromatic rings. The molecule has 0 radical (unpaired) electrons. The maximum Gasteiger partial charge on any atom is 0.0359 e. The third-order valence-electron chi connectivity index (χ3n) is 3.96. The first-order valence-electron chi connectivity index (χ1n) is 4.99. The Hall–Kier alpha value is -0.0800. The van der Waals surface area contributed by atoms with Crippen molar-refractivity contribution in [3.63, 3.8) is 0 Å². The van der Waals surface area contributed by atoms with E-state index in [2.05, 4.69) is 32.7 Å². The predicted molar refractivity (Wildman–Crippen MR) is 53.0 cm³/mol. The largest absolute Gasteiger partial charge is 0.329 e. The Labute approximate surface area is 76.1 Å². The van der Waals surface area contributed by atoms with Gasteiger partial charge in [-0.25, -0.2) is 0 Å². The molecule has 0 aromatic carbocycles. The van der Waals surface area contributed by atoms with Crippen LogP contribution in [-0.2, 0) is 0 Å². The topological polar surface area (TPSA) is 29.3 Å². The van der Waals surface area contributed by atoms with E-state index in [4.69, 9.17) is 5.73 Å². The van der Waals surface area contributed by atoms with Gasteiger partial charge in [0.25, 0.3) is 0 Å². The molecule has 2 nitrogen and oxygen atoms in total. The highest BCUT2D eigenvalue weighted by molar-refractivity contribution is 5.05. The number of hydrogen-bond donors (Lipinski definition) is 1. The fourth-order valence-electron chi connectivity index (χ4n) is 2.53. The molecule has 1 aliphatic carbocycles. The van der Waals surface area contributed by atoms with Crippen molar-refractivity contribution in [1.29, 1.82) is 0 Å². The molecular weight excluding hydrogens is 148 g/mol. The lowest BCUT2D eigenvalue weighted by atomic mass is 9.59. The first-order valence-corrected chi connectivity index (χ1v) is 4.99. The van der Waals surface area contributed by atoms with Gasteiger partial charge in [0.1, 0.15) is 0 Å². The van der Waals surface area contributed by atoms with Crippen molar-refractivity contribution in [2.75, 3.05) is 20.1 Å². The summed E-state index contributed by atoms with van der Waals surface area (Å²) >= 11 is 0. The minimum absolute atomic E-state index is 0.314. The Bertz CT molecular complexity index is 152. The van der Waals surface area contributed by atoms with Crippen LogP contribution in [0.15, 0.2) is 0 Å². The SMILES string of the molecule is CCN(C)C1(CN)CC(C)C1C. The number of hydrogen-bond acceptors (Lipinski definition) is 2. The van der Waals surface area contributed by atoms with Crippen LogP contribution < -0.4 is 5.73 Å². The van der Waals surface area contributed by atoms with E-state index in [9.17, 15) is 0 Å². The highest BCUT2D eigenvalue weighted by Gasteiger charge is 2.50. The van der Waals surface area contributed by atoms with Gasteiger partial charge in [-0.05, 0) is 31.8 Å². The third-order valence-corrected chi connectivity index (χ3v) is 3.96. The second-order valence-corrected chi connectivity index (χ2v) is 4.29. The summed E-state index contributed by atoms with van der Waals surface area (Å²) in [5.41, 5.74) is 6.17. The Morgan fingerprint density at radius 1 is 1.50 bits per heavy atom. The first-order chi connectivity index (χ1) is 5.58. The van der Waals surface area contributed by atoms with Crippen molar-refractivity contribution in [2.24, 2.45) is 17.6 Å². The molecule has 0 aliphatic heterocycles. The highest BCUT2D eigenvalue weighted by Crippen LogP contribution is 2.46. The summed E-state index contributed by atoms with van der Waals surface area (Å²) in [4.78, 5) is 2.41. The van der Waals surface area contributed by atoms with Crippen molar-refractivity contribution in [1.82, 2.24) is 4.90 Å². The lowest BCUT2D eigenvalue weighted by Crippen LogP contribution is -2.65. The molecule has 3 unspecified atom stereocenters. The number of nitrogens with zero attached hydrogens (tertiary/aromatic N) is 1. The van der Waals surface area contributed by atoms with E-state index in [-0.39, 0.29) is 0 Å². The fraction of sp³-hybridized carbons (Fsp3) is 1.00. The van der Waals surface area contributed by atoms with Crippen molar-refractivity contribution in [2.45, 2.75) is 32.7 Å². The molecule has 0 heterocycles. The summed E-state index contributed by atoms with van der Waals surface area (Å²) in [6.45, 7) is 8.76. The van der Waals surface area contributed by atoms with E-state index < -0.39 is 0 Å². The van der Waals surface area contributed by atoms with E-state index in [1.165, 1.54) is 6.42 Å². The van der Waals surface area contributed by atoms with E-state index in [0.29, 0.717) is 5.54 Å². The monoisotopic (exact) mass is 170 g/mol. The Balaban J connectivity index is 2.66. The van der Waals surface area contributed by atoms with Gasteiger partial charge in [0, 0.05) is 12.1 Å². The molecule has 0 bridgehead atoms. The molecule has 0 aromatic heterocycles. The van der Waals surface area contributed by atoms with E-state index in [0.717, 1.165) is 24.9 Å². The summed E-state index contributed by atoms with van der Waals surface area (Å²) in [5, 5.41) is 0. The van der Waals surface area contributed by atoms with Crippen molar-refractivity contribution < 1.29 is 0 Å². The summed E-state index contributed by atoms with van der Waals surface area (Å²) in [5.74, 6) is 1.61. The van der Waals surface area contributed by atoms with Crippen LogP contribution in [0.2, 0.25) is 0 Å². The van der Waals surface area contributed by atoms with E-state index in [1.54, 1.807) is 0 Å². The van der Waals surface area contributed by atoms with Gasteiger partial charge in [-0.3, -0.25) is 4.90 Å². The highest BCUT2D eigenvalue weighted by atomic mass is 15.2. The Morgan fingerprint density at radius 3 is 2.33 bits per heavy atom. The van der Waals surface area contributed by atoms with E-state index >= 15 is 0 Å². The lowest BCUT2D eigenvalue weighted by Gasteiger charge is -2.57. The van der Waals surface area contributed by atoms with Crippen LogP contribution in [0.3, 0.4) is 0 Å². The molecule has 0 saturated heterocycles. The molecule has 1 rings (SSSR count). The summed E-state index contributed by atoms with van der Waals surface area (Å²) in [7, 11) is 2.19. The zero-order chi connectivity index (χ0) is 9.35. The van der Waals surface area contributed by atoms with Gasteiger partial charge in [0.05, 0.1) is 0 Å². The van der Waals surface area contributed by atoms with Crippen LogP contribution in [0.5, 0.6) is 0 Å². The molecule has 3 atom stereocenters. The molecular formula is C10H22N2. The quantitative estimate of drug-likeness (QED) is 0.692. The molecule has 1 fully saturated rings. The average molecular weight is 170 g/mol. The second kappa shape index (κ2) is 3.35. The maximum absolute atomic E-state index is 5.86. The van der Waals surface area contributed by atoms with Gasteiger partial charge in [-0.2, -0.15) is 0 Å². The van der Waals surface area contributed by atoms with Crippen molar-refractivity contribution in [3.05, 3.63) is 0 Å². The minimum Gasteiger partial charge on any atom is -0.329 e. The molecule has 0 amide bonds. The zero-order valence-electron chi connectivity index (χ0n) is 8.80. The molecule has 12 heavy (non-hydrogen) atoms. The third kappa shape index (κ3) is 1.17. The molecule has 2 N–H and O–H groups in total. The van der Waals surface area contributed by atoms with Crippen LogP contribution in [0, 0.1) is 11.8 Å². The number of nitrogens with two attached hydrogens (primary N) is 1. The van der Waals surface area contributed by atoms with Crippen LogP contribution in [0.4, 0.5) is 0 Å². The Kier molecular flexibility index (Phi) is 2.79. The summed E-state index contributed by atoms with van der Waals surface area (Å²) < 4.78 is 0.